The molecule has 1 amide bonds. The number of rotatable bonds is 6. The highest BCUT2D eigenvalue weighted by atomic mass is 32.2. The fourth-order valence-electron chi connectivity index (χ4n) is 3.72. The maximum atomic E-state index is 12.9. The zero-order valence-corrected chi connectivity index (χ0v) is 17.4. The fraction of sp³-hybridized carbons (Fsp3) is 0.208. The molecule has 1 aliphatic rings. The Morgan fingerprint density at radius 2 is 1.27 bits per heavy atom. The van der Waals surface area contributed by atoms with Crippen LogP contribution in [0.1, 0.15) is 40.4 Å². The van der Waals surface area contributed by atoms with Crippen molar-refractivity contribution in [1.82, 2.24) is 9.62 Å². The van der Waals surface area contributed by atoms with Gasteiger partial charge in [0.15, 0.2) is 0 Å². The van der Waals surface area contributed by atoms with Crippen LogP contribution in [-0.4, -0.2) is 31.7 Å². The first-order chi connectivity index (χ1) is 14.6. The minimum absolute atomic E-state index is 0.226. The van der Waals surface area contributed by atoms with Crippen molar-refractivity contribution in [3.05, 3.63) is 102 Å². The van der Waals surface area contributed by atoms with Gasteiger partial charge in [0.2, 0.25) is 10.0 Å². The van der Waals surface area contributed by atoms with Crippen molar-refractivity contribution in [2.75, 3.05) is 13.1 Å². The third-order valence-electron chi connectivity index (χ3n) is 5.36. The summed E-state index contributed by atoms with van der Waals surface area (Å²) >= 11 is 0. The minimum Gasteiger partial charge on any atom is -0.341 e. The van der Waals surface area contributed by atoms with Gasteiger partial charge in [-0.05, 0) is 48.2 Å². The normalized spacial score (nSPS) is 14.7. The molecule has 0 spiro atoms. The summed E-state index contributed by atoms with van der Waals surface area (Å²) in [6.07, 6.45) is 1.78. The number of hydrogen-bond donors (Lipinski definition) is 1. The largest absolute Gasteiger partial charge is 0.341 e. The second kappa shape index (κ2) is 8.81. The second-order valence-corrected chi connectivity index (χ2v) is 9.30. The number of nitrogens with one attached hydrogen (secondary N) is 1. The van der Waals surface area contributed by atoms with E-state index in [0.717, 1.165) is 24.0 Å². The van der Waals surface area contributed by atoms with Gasteiger partial charge in [0.05, 0.1) is 10.9 Å². The summed E-state index contributed by atoms with van der Waals surface area (Å²) in [7, 11) is -3.49. The van der Waals surface area contributed by atoms with Crippen LogP contribution in [0, 0.1) is 0 Å². The highest BCUT2D eigenvalue weighted by molar-refractivity contribution is 7.89. The van der Waals surface area contributed by atoms with E-state index in [9.17, 15) is 13.2 Å². The molecule has 0 unspecified atom stereocenters. The van der Waals surface area contributed by atoms with Crippen molar-refractivity contribution >= 4 is 15.9 Å². The van der Waals surface area contributed by atoms with Gasteiger partial charge in [-0.15, -0.1) is 0 Å². The van der Waals surface area contributed by atoms with Crippen LogP contribution in [0.15, 0.2) is 89.8 Å². The molecule has 154 valence electrons. The quantitative estimate of drug-likeness (QED) is 0.656. The topological polar surface area (TPSA) is 66.5 Å². The van der Waals surface area contributed by atoms with E-state index in [1.165, 1.54) is 16.4 Å². The molecule has 30 heavy (non-hydrogen) atoms. The number of carbonyl (C=O) groups is 1. The van der Waals surface area contributed by atoms with Gasteiger partial charge >= 0.3 is 0 Å². The van der Waals surface area contributed by atoms with Crippen molar-refractivity contribution in [2.24, 2.45) is 0 Å². The van der Waals surface area contributed by atoms with Crippen molar-refractivity contribution in [3.63, 3.8) is 0 Å². The van der Waals surface area contributed by atoms with Gasteiger partial charge in [0, 0.05) is 18.7 Å². The summed E-state index contributed by atoms with van der Waals surface area (Å²) in [5, 5.41) is 3.08. The molecule has 0 saturated carbocycles. The lowest BCUT2D eigenvalue weighted by molar-refractivity contribution is 0.0943. The molecule has 6 heteroatoms. The average Bonchev–Trinajstić information content (AvgIpc) is 3.35. The smallest absolute Gasteiger partial charge is 0.252 e. The zero-order valence-electron chi connectivity index (χ0n) is 16.6. The Kier molecular flexibility index (Phi) is 5.97. The third-order valence-corrected chi connectivity index (χ3v) is 7.27. The first kappa shape index (κ1) is 20.3. The van der Waals surface area contributed by atoms with E-state index >= 15 is 0 Å². The standard InChI is InChI=1S/C24H24N2O3S/c27-24(21-13-15-22(16-14-21)30(28,29)26-17-7-8-18-26)25-23(19-9-3-1-4-10-19)20-11-5-2-6-12-20/h1-6,9-16,23H,7-8,17-18H2,(H,25,27). The van der Waals surface area contributed by atoms with E-state index < -0.39 is 10.0 Å². The van der Waals surface area contributed by atoms with Crippen molar-refractivity contribution in [3.8, 4) is 0 Å². The maximum absolute atomic E-state index is 12.9. The van der Waals surface area contributed by atoms with Crippen LogP contribution in [0.3, 0.4) is 0 Å². The van der Waals surface area contributed by atoms with E-state index in [4.69, 9.17) is 0 Å². The molecule has 0 aliphatic carbocycles. The molecule has 0 atom stereocenters. The van der Waals surface area contributed by atoms with Crippen LogP contribution in [0.5, 0.6) is 0 Å². The summed E-state index contributed by atoms with van der Waals surface area (Å²) in [6.45, 7) is 1.11. The van der Waals surface area contributed by atoms with Gasteiger partial charge in [-0.25, -0.2) is 8.42 Å². The highest BCUT2D eigenvalue weighted by Crippen LogP contribution is 2.24. The Bertz CT molecular complexity index is 1050. The van der Waals surface area contributed by atoms with E-state index in [-0.39, 0.29) is 16.8 Å². The van der Waals surface area contributed by atoms with E-state index in [2.05, 4.69) is 5.32 Å². The lowest BCUT2D eigenvalue weighted by Gasteiger charge is -2.20. The van der Waals surface area contributed by atoms with E-state index in [1.54, 1.807) is 12.1 Å². The number of benzene rings is 3. The van der Waals surface area contributed by atoms with Crippen molar-refractivity contribution < 1.29 is 13.2 Å². The molecule has 0 radical (unpaired) electrons. The summed E-state index contributed by atoms with van der Waals surface area (Å²) in [4.78, 5) is 13.2. The molecule has 1 saturated heterocycles. The fourth-order valence-corrected chi connectivity index (χ4v) is 5.24. The molecule has 4 rings (SSSR count). The summed E-state index contributed by atoms with van der Waals surface area (Å²) in [6, 6.07) is 25.4. The van der Waals surface area contributed by atoms with Crippen LogP contribution in [0.2, 0.25) is 0 Å². The summed E-state index contributed by atoms with van der Waals surface area (Å²) < 4.78 is 26.9. The van der Waals surface area contributed by atoms with Crippen molar-refractivity contribution in [1.29, 1.82) is 0 Å². The zero-order chi connectivity index (χ0) is 21.0. The predicted molar refractivity (Wildman–Crippen MR) is 117 cm³/mol. The number of carbonyl (C=O) groups excluding carboxylic acids is 1. The van der Waals surface area contributed by atoms with Crippen LogP contribution in [0.4, 0.5) is 0 Å². The molecular formula is C24H24N2O3S. The van der Waals surface area contributed by atoms with Crippen LogP contribution in [-0.2, 0) is 10.0 Å². The van der Waals surface area contributed by atoms with Gasteiger partial charge < -0.3 is 5.32 Å². The SMILES string of the molecule is O=C(NC(c1ccccc1)c1ccccc1)c1ccc(S(=O)(=O)N2CCCC2)cc1. The van der Waals surface area contributed by atoms with E-state index in [1.807, 2.05) is 60.7 Å². The molecule has 5 nitrogen and oxygen atoms in total. The molecule has 1 fully saturated rings. The van der Waals surface area contributed by atoms with E-state index in [0.29, 0.717) is 18.7 Å². The number of nitrogens with zero attached hydrogens (tertiary/aromatic N) is 1. The number of sulfonamides is 1. The Balaban J connectivity index is 1.56. The van der Waals surface area contributed by atoms with Gasteiger partial charge in [-0.2, -0.15) is 4.31 Å². The first-order valence-electron chi connectivity index (χ1n) is 10.1. The maximum Gasteiger partial charge on any atom is 0.252 e. The molecule has 3 aromatic rings. The van der Waals surface area contributed by atoms with Crippen LogP contribution >= 0.6 is 0 Å². The van der Waals surface area contributed by atoms with Crippen LogP contribution < -0.4 is 5.32 Å². The minimum atomic E-state index is -3.49. The lowest BCUT2D eigenvalue weighted by atomic mass is 9.98. The Hall–Kier alpha value is -2.96. The Morgan fingerprint density at radius 1 is 0.767 bits per heavy atom. The molecule has 1 heterocycles. The monoisotopic (exact) mass is 420 g/mol. The molecule has 3 aromatic carbocycles. The molecular weight excluding hydrogens is 396 g/mol. The highest BCUT2D eigenvalue weighted by Gasteiger charge is 2.27. The number of amides is 1. The third kappa shape index (κ3) is 4.30. The Morgan fingerprint density at radius 3 is 1.77 bits per heavy atom. The molecule has 1 aliphatic heterocycles. The average molecular weight is 421 g/mol. The first-order valence-corrected chi connectivity index (χ1v) is 11.5. The second-order valence-electron chi connectivity index (χ2n) is 7.36. The predicted octanol–water partition coefficient (Wildman–Crippen LogP) is 3.99. The van der Waals surface area contributed by atoms with Gasteiger partial charge in [-0.1, -0.05) is 60.7 Å². The molecule has 0 bridgehead atoms. The van der Waals surface area contributed by atoms with Crippen LogP contribution in [0.25, 0.3) is 0 Å². The van der Waals surface area contributed by atoms with Crippen molar-refractivity contribution in [2.45, 2.75) is 23.8 Å². The Labute approximate surface area is 177 Å². The summed E-state index contributed by atoms with van der Waals surface area (Å²) in [5.41, 5.74) is 2.38. The number of hydrogen-bond acceptors (Lipinski definition) is 3. The summed E-state index contributed by atoms with van der Waals surface area (Å²) in [5.74, 6) is -0.252. The van der Waals surface area contributed by atoms with Gasteiger partial charge in [0.25, 0.3) is 5.91 Å². The lowest BCUT2D eigenvalue weighted by Crippen LogP contribution is -2.30. The van der Waals surface area contributed by atoms with Gasteiger partial charge in [0.1, 0.15) is 0 Å². The molecule has 1 N–H and O–H groups in total. The van der Waals surface area contributed by atoms with Gasteiger partial charge in [-0.3, -0.25) is 4.79 Å². The molecule has 0 aromatic heterocycles.